The summed E-state index contributed by atoms with van der Waals surface area (Å²) in [6, 6.07) is 2.90. The van der Waals surface area contributed by atoms with Crippen molar-refractivity contribution in [1.82, 2.24) is 16.0 Å². The number of carboxylic acid groups (broad SMARTS) is 1. The lowest BCUT2D eigenvalue weighted by Crippen LogP contribution is -2.54. The Morgan fingerprint density at radius 2 is 1.65 bits per heavy atom. The molecule has 0 spiro atoms. The zero-order valence-corrected chi connectivity index (χ0v) is 18.4. The van der Waals surface area contributed by atoms with Gasteiger partial charge in [-0.05, 0) is 30.0 Å². The van der Waals surface area contributed by atoms with Crippen molar-refractivity contribution in [3.63, 3.8) is 0 Å². The van der Waals surface area contributed by atoms with E-state index in [1.165, 1.54) is 12.1 Å². The van der Waals surface area contributed by atoms with Gasteiger partial charge in [0.2, 0.25) is 17.7 Å². The summed E-state index contributed by atoms with van der Waals surface area (Å²) in [5.41, 5.74) is 6.40. The fourth-order valence-corrected chi connectivity index (χ4v) is 2.94. The Morgan fingerprint density at radius 3 is 2.16 bits per heavy atom. The van der Waals surface area contributed by atoms with Crippen molar-refractivity contribution in [2.45, 2.75) is 44.8 Å². The lowest BCUT2D eigenvalue weighted by atomic mass is 10.0. The molecular weight excluding hydrogens is 424 g/mol. The third kappa shape index (κ3) is 9.71. The summed E-state index contributed by atoms with van der Waals surface area (Å²) in [6.07, 6.45) is 0.497. The van der Waals surface area contributed by atoms with Crippen LogP contribution in [-0.4, -0.2) is 64.3 Å². The molecule has 3 amide bonds. The fraction of sp³-hybridized carbons (Fsp3) is 0.500. The van der Waals surface area contributed by atoms with Crippen LogP contribution in [0, 0.1) is 5.92 Å². The maximum Gasteiger partial charge on any atom is 0.327 e. The predicted octanol–water partition coefficient (Wildman–Crippen LogP) is -0.592. The van der Waals surface area contributed by atoms with E-state index in [0.29, 0.717) is 12.0 Å². The van der Waals surface area contributed by atoms with Crippen LogP contribution in [-0.2, 0) is 25.6 Å². The average Bonchev–Trinajstić information content (AvgIpc) is 2.70. The number of carboxylic acids is 1. The van der Waals surface area contributed by atoms with Crippen molar-refractivity contribution in [3.8, 4) is 5.75 Å². The molecule has 3 atom stereocenters. The smallest absolute Gasteiger partial charge is 0.327 e. The third-order valence-corrected chi connectivity index (χ3v) is 4.68. The first kappa shape index (κ1) is 26.2. The molecule has 0 aliphatic heterocycles. The largest absolute Gasteiger partial charge is 0.508 e. The number of aliphatic carboxylic acids is 1. The summed E-state index contributed by atoms with van der Waals surface area (Å²) in [4.78, 5) is 48.1. The number of rotatable bonds is 12. The van der Waals surface area contributed by atoms with Gasteiger partial charge in [0.15, 0.2) is 0 Å². The quantitative estimate of drug-likeness (QED) is 0.207. The molecule has 1 aromatic rings. The van der Waals surface area contributed by atoms with Crippen LogP contribution in [0.3, 0.4) is 0 Å². The van der Waals surface area contributed by atoms with E-state index in [1.54, 1.807) is 12.1 Å². The lowest BCUT2D eigenvalue weighted by molar-refractivity contribution is -0.141. The van der Waals surface area contributed by atoms with Crippen LogP contribution >= 0.6 is 12.6 Å². The minimum atomic E-state index is -1.26. The highest BCUT2D eigenvalue weighted by molar-refractivity contribution is 7.80. The summed E-state index contributed by atoms with van der Waals surface area (Å²) in [5.74, 6) is -2.98. The monoisotopic (exact) mass is 454 g/mol. The molecule has 172 valence electrons. The van der Waals surface area contributed by atoms with Crippen LogP contribution in [0.4, 0.5) is 0 Å². The Morgan fingerprint density at radius 1 is 1.03 bits per heavy atom. The van der Waals surface area contributed by atoms with E-state index in [1.807, 2.05) is 13.8 Å². The number of carbonyl (C=O) groups excluding carboxylic acids is 3. The van der Waals surface area contributed by atoms with E-state index >= 15 is 0 Å². The number of carbonyl (C=O) groups is 4. The van der Waals surface area contributed by atoms with Gasteiger partial charge in [0.25, 0.3) is 0 Å². The number of nitrogens with two attached hydrogens (primary N) is 1. The molecule has 3 unspecified atom stereocenters. The van der Waals surface area contributed by atoms with E-state index in [4.69, 9.17) is 10.8 Å². The van der Waals surface area contributed by atoms with Crippen molar-refractivity contribution in [2.24, 2.45) is 11.7 Å². The van der Waals surface area contributed by atoms with Gasteiger partial charge < -0.3 is 31.9 Å². The summed E-state index contributed by atoms with van der Waals surface area (Å²) >= 11 is 3.91. The molecule has 0 radical (unpaired) electrons. The van der Waals surface area contributed by atoms with Crippen LogP contribution in [0.15, 0.2) is 24.3 Å². The Labute approximate surface area is 186 Å². The first-order valence-electron chi connectivity index (χ1n) is 9.78. The van der Waals surface area contributed by atoms with Crippen LogP contribution in [0.25, 0.3) is 0 Å². The summed E-state index contributed by atoms with van der Waals surface area (Å²) in [6.45, 7) is 3.45. The molecule has 0 aromatic heterocycles. The number of benzene rings is 1. The zero-order chi connectivity index (χ0) is 23.6. The van der Waals surface area contributed by atoms with E-state index in [2.05, 4.69) is 28.6 Å². The number of aromatic hydroxyl groups is 1. The highest BCUT2D eigenvalue weighted by Gasteiger charge is 2.26. The molecular formula is C20H30N4O6S. The summed E-state index contributed by atoms with van der Waals surface area (Å²) in [7, 11) is 0. The van der Waals surface area contributed by atoms with Gasteiger partial charge in [0.1, 0.15) is 17.8 Å². The van der Waals surface area contributed by atoms with Crippen molar-refractivity contribution in [3.05, 3.63) is 29.8 Å². The molecule has 10 nitrogen and oxygen atoms in total. The minimum Gasteiger partial charge on any atom is -0.508 e. The minimum absolute atomic E-state index is 0.0373. The highest BCUT2D eigenvalue weighted by atomic mass is 32.1. The van der Waals surface area contributed by atoms with Gasteiger partial charge >= 0.3 is 5.97 Å². The van der Waals surface area contributed by atoms with Crippen LogP contribution in [0.5, 0.6) is 5.75 Å². The number of hydrogen-bond acceptors (Lipinski definition) is 7. The van der Waals surface area contributed by atoms with Crippen molar-refractivity contribution < 1.29 is 29.4 Å². The van der Waals surface area contributed by atoms with Gasteiger partial charge in [-0.25, -0.2) is 4.79 Å². The van der Waals surface area contributed by atoms with Crippen molar-refractivity contribution >= 4 is 36.3 Å². The number of amides is 3. The predicted molar refractivity (Wildman–Crippen MR) is 118 cm³/mol. The van der Waals surface area contributed by atoms with E-state index < -0.39 is 41.8 Å². The average molecular weight is 455 g/mol. The van der Waals surface area contributed by atoms with Crippen molar-refractivity contribution in [1.29, 1.82) is 0 Å². The topological polar surface area (TPSA) is 171 Å². The SMILES string of the molecule is CC(C)CC(N)C(=O)NCC(=O)NC(Cc1ccc(O)cc1)C(=O)NC(CS)C(=O)O. The first-order valence-corrected chi connectivity index (χ1v) is 10.4. The normalized spacial score (nSPS) is 13.7. The maximum atomic E-state index is 12.6. The van der Waals surface area contributed by atoms with Gasteiger partial charge in [-0.3, -0.25) is 14.4 Å². The summed E-state index contributed by atoms with van der Waals surface area (Å²) < 4.78 is 0. The van der Waals surface area contributed by atoms with Gasteiger partial charge in [0, 0.05) is 12.2 Å². The Bertz CT molecular complexity index is 771. The molecule has 0 saturated heterocycles. The third-order valence-electron chi connectivity index (χ3n) is 4.31. The molecule has 0 fully saturated rings. The molecule has 1 aromatic carbocycles. The summed E-state index contributed by atoms with van der Waals surface area (Å²) in [5, 5.41) is 25.8. The Balaban J connectivity index is 2.81. The molecule has 0 heterocycles. The molecule has 31 heavy (non-hydrogen) atoms. The Hall–Kier alpha value is -2.79. The van der Waals surface area contributed by atoms with Crippen molar-refractivity contribution in [2.75, 3.05) is 12.3 Å². The van der Waals surface area contributed by atoms with Crippen LogP contribution < -0.4 is 21.7 Å². The van der Waals surface area contributed by atoms with Crippen LogP contribution in [0.2, 0.25) is 0 Å². The number of hydrogen-bond donors (Lipinski definition) is 7. The molecule has 1 rings (SSSR count). The molecule has 7 N–H and O–H groups in total. The lowest BCUT2D eigenvalue weighted by Gasteiger charge is -2.21. The second-order valence-electron chi connectivity index (χ2n) is 7.53. The van der Waals surface area contributed by atoms with Gasteiger partial charge in [-0.1, -0.05) is 26.0 Å². The fourth-order valence-electron chi connectivity index (χ4n) is 2.69. The van der Waals surface area contributed by atoms with E-state index in [-0.39, 0.29) is 30.4 Å². The van der Waals surface area contributed by atoms with Gasteiger partial charge in [-0.15, -0.1) is 0 Å². The molecule has 0 bridgehead atoms. The molecule has 11 heteroatoms. The first-order chi connectivity index (χ1) is 14.5. The second kappa shape index (κ2) is 12.8. The van der Waals surface area contributed by atoms with Crippen LogP contribution in [0.1, 0.15) is 25.8 Å². The zero-order valence-electron chi connectivity index (χ0n) is 17.5. The number of phenolic OH excluding ortho intramolecular Hbond substituents is 1. The number of phenols is 1. The highest BCUT2D eigenvalue weighted by Crippen LogP contribution is 2.11. The standard InChI is InChI=1S/C20H30N4O6S/c1-11(2)7-14(21)18(27)22-9-17(26)23-15(8-12-3-5-13(25)6-4-12)19(28)24-16(10-31)20(29)30/h3-6,11,14-16,25,31H,7-10,21H2,1-2H3,(H,22,27)(H,23,26)(H,24,28)(H,29,30). The van der Waals surface area contributed by atoms with Gasteiger partial charge in [-0.2, -0.15) is 12.6 Å². The number of nitrogens with one attached hydrogen (secondary N) is 3. The molecule has 0 aliphatic carbocycles. The maximum absolute atomic E-state index is 12.6. The number of thiol groups is 1. The molecule has 0 saturated carbocycles. The molecule has 0 aliphatic rings. The van der Waals surface area contributed by atoms with Gasteiger partial charge in [0.05, 0.1) is 12.6 Å². The van der Waals surface area contributed by atoms with E-state index in [9.17, 15) is 24.3 Å². The van der Waals surface area contributed by atoms with E-state index in [0.717, 1.165) is 0 Å². The second-order valence-corrected chi connectivity index (χ2v) is 7.89. The Kier molecular flexibility index (Phi) is 10.8.